The monoisotopic (exact) mass is 288 g/mol. The van der Waals surface area contributed by atoms with Gasteiger partial charge in [-0.15, -0.1) is 0 Å². The second-order valence-electron chi connectivity index (χ2n) is 4.67. The van der Waals surface area contributed by atoms with E-state index in [0.29, 0.717) is 5.75 Å². The third kappa shape index (κ3) is 3.92. The van der Waals surface area contributed by atoms with E-state index in [0.717, 1.165) is 5.56 Å². The zero-order valence-corrected chi connectivity index (χ0v) is 11.6. The maximum absolute atomic E-state index is 12.1. The number of hydrogen-bond donors (Lipinski definition) is 0. The van der Waals surface area contributed by atoms with Crippen molar-refractivity contribution in [1.82, 2.24) is 4.57 Å². The van der Waals surface area contributed by atoms with E-state index in [2.05, 4.69) is 0 Å². The lowest BCUT2D eigenvalue weighted by molar-refractivity contribution is -0.483. The largest absolute Gasteiger partial charge is 0.497 e. The highest BCUT2D eigenvalue weighted by Gasteiger charge is 2.22. The van der Waals surface area contributed by atoms with Crippen molar-refractivity contribution in [1.29, 1.82) is 0 Å². The number of benzene rings is 1. The van der Waals surface area contributed by atoms with Crippen LogP contribution in [0.5, 0.6) is 5.75 Å². The summed E-state index contributed by atoms with van der Waals surface area (Å²) in [7, 11) is 1.55. The molecule has 0 aliphatic heterocycles. The van der Waals surface area contributed by atoms with Gasteiger partial charge in [-0.1, -0.05) is 12.1 Å². The first-order chi connectivity index (χ1) is 10.1. The molecule has 0 unspecified atom stereocenters. The molecule has 0 saturated carbocycles. The normalized spacial score (nSPS) is 11.9. The molecule has 0 aliphatic carbocycles. The van der Waals surface area contributed by atoms with Gasteiger partial charge in [-0.2, -0.15) is 0 Å². The average Bonchev–Trinajstić information content (AvgIpc) is 3.00. The average molecular weight is 288 g/mol. The topological polar surface area (TPSA) is 74.4 Å². The van der Waals surface area contributed by atoms with Crippen LogP contribution in [-0.4, -0.2) is 29.1 Å². The summed E-state index contributed by atoms with van der Waals surface area (Å²) >= 11 is 0. The number of methoxy groups -OCH3 is 1. The molecule has 0 N–H and O–H groups in total. The fraction of sp³-hybridized carbons (Fsp3) is 0.267. The summed E-state index contributed by atoms with van der Waals surface area (Å²) in [6.45, 7) is -0.278. The zero-order chi connectivity index (χ0) is 15.2. The van der Waals surface area contributed by atoms with Crippen molar-refractivity contribution in [3.8, 4) is 5.75 Å². The van der Waals surface area contributed by atoms with E-state index >= 15 is 0 Å². The Morgan fingerprint density at radius 2 is 1.90 bits per heavy atom. The van der Waals surface area contributed by atoms with Crippen molar-refractivity contribution in [2.24, 2.45) is 0 Å². The van der Waals surface area contributed by atoms with Crippen molar-refractivity contribution in [2.75, 3.05) is 13.7 Å². The Morgan fingerprint density at radius 3 is 2.43 bits per heavy atom. The number of hydrogen-bond acceptors (Lipinski definition) is 4. The first-order valence-electron chi connectivity index (χ1n) is 6.52. The van der Waals surface area contributed by atoms with Crippen molar-refractivity contribution >= 4 is 5.91 Å². The molecular weight excluding hydrogens is 272 g/mol. The zero-order valence-electron chi connectivity index (χ0n) is 11.6. The Labute approximate surface area is 122 Å². The van der Waals surface area contributed by atoms with Gasteiger partial charge < -0.3 is 4.74 Å². The van der Waals surface area contributed by atoms with Gasteiger partial charge in [-0.25, -0.2) is 0 Å². The maximum atomic E-state index is 12.1. The Bertz CT molecular complexity index is 605. The molecule has 110 valence electrons. The number of nitro groups is 1. The van der Waals surface area contributed by atoms with E-state index in [1.165, 1.54) is 4.57 Å². The number of carbonyl (C=O) groups is 1. The van der Waals surface area contributed by atoms with Crippen LogP contribution in [0.15, 0.2) is 48.8 Å². The second-order valence-corrected chi connectivity index (χ2v) is 4.67. The lowest BCUT2D eigenvalue weighted by Gasteiger charge is -2.13. The van der Waals surface area contributed by atoms with Gasteiger partial charge in [0.25, 0.3) is 0 Å². The van der Waals surface area contributed by atoms with Gasteiger partial charge in [0.1, 0.15) is 5.75 Å². The number of aromatic nitrogens is 1. The first-order valence-corrected chi connectivity index (χ1v) is 6.52. The van der Waals surface area contributed by atoms with Crippen LogP contribution in [0.4, 0.5) is 0 Å². The van der Waals surface area contributed by atoms with E-state index in [9.17, 15) is 14.9 Å². The molecule has 1 aromatic heterocycles. The van der Waals surface area contributed by atoms with Crippen LogP contribution in [0.25, 0.3) is 0 Å². The highest BCUT2D eigenvalue weighted by molar-refractivity contribution is 5.79. The Kier molecular flexibility index (Phi) is 4.71. The van der Waals surface area contributed by atoms with Crippen LogP contribution in [0.3, 0.4) is 0 Å². The van der Waals surface area contributed by atoms with Crippen LogP contribution < -0.4 is 4.74 Å². The molecule has 0 bridgehead atoms. The summed E-state index contributed by atoms with van der Waals surface area (Å²) in [5.41, 5.74) is 0.757. The summed E-state index contributed by atoms with van der Waals surface area (Å²) in [6, 6.07) is 10.5. The van der Waals surface area contributed by atoms with Crippen LogP contribution in [-0.2, 0) is 0 Å². The van der Waals surface area contributed by atoms with Gasteiger partial charge in [-0.3, -0.25) is 19.5 Å². The SMILES string of the molecule is COc1ccc([C@H](CC(=O)n2cccc2)C[N+](=O)[O-])cc1. The van der Waals surface area contributed by atoms with Gasteiger partial charge in [0.15, 0.2) is 0 Å². The molecule has 1 atom stereocenters. The molecule has 0 aliphatic rings. The van der Waals surface area contributed by atoms with Crippen LogP contribution in [0, 0.1) is 10.1 Å². The molecule has 2 aromatic rings. The third-order valence-corrected chi connectivity index (χ3v) is 3.27. The van der Waals surface area contributed by atoms with Crippen LogP contribution in [0.2, 0.25) is 0 Å². The molecule has 0 spiro atoms. The summed E-state index contributed by atoms with van der Waals surface area (Å²) < 4.78 is 6.51. The molecule has 0 radical (unpaired) electrons. The van der Waals surface area contributed by atoms with Gasteiger partial charge in [0.05, 0.1) is 13.0 Å². The molecule has 6 nitrogen and oxygen atoms in total. The summed E-state index contributed by atoms with van der Waals surface area (Å²) in [5.74, 6) is 0.0545. The summed E-state index contributed by atoms with van der Waals surface area (Å²) in [5, 5.41) is 10.8. The predicted molar refractivity (Wildman–Crippen MR) is 77.3 cm³/mol. The number of ether oxygens (including phenoxy) is 1. The van der Waals surface area contributed by atoms with E-state index in [4.69, 9.17) is 4.74 Å². The summed E-state index contributed by atoms with van der Waals surface area (Å²) in [4.78, 5) is 22.6. The summed E-state index contributed by atoms with van der Waals surface area (Å²) in [6.07, 6.45) is 3.36. The van der Waals surface area contributed by atoms with Gasteiger partial charge in [0, 0.05) is 23.7 Å². The molecule has 21 heavy (non-hydrogen) atoms. The van der Waals surface area contributed by atoms with E-state index in [1.807, 2.05) is 0 Å². The highest BCUT2D eigenvalue weighted by atomic mass is 16.6. The first kappa shape index (κ1) is 14.8. The van der Waals surface area contributed by atoms with Crippen molar-refractivity contribution in [2.45, 2.75) is 12.3 Å². The van der Waals surface area contributed by atoms with Crippen molar-refractivity contribution in [3.63, 3.8) is 0 Å². The van der Waals surface area contributed by atoms with Crippen LogP contribution in [0.1, 0.15) is 22.7 Å². The number of nitrogens with zero attached hydrogens (tertiary/aromatic N) is 2. The molecule has 0 saturated heterocycles. The number of rotatable bonds is 6. The predicted octanol–water partition coefficient (Wildman–Crippen LogP) is 2.59. The minimum absolute atomic E-state index is 0.0853. The molecule has 1 aromatic carbocycles. The number of carbonyl (C=O) groups excluding carboxylic acids is 1. The molecule has 0 fully saturated rings. The fourth-order valence-corrected chi connectivity index (χ4v) is 2.16. The second kappa shape index (κ2) is 6.69. The van der Waals surface area contributed by atoms with Crippen LogP contribution >= 0.6 is 0 Å². The minimum Gasteiger partial charge on any atom is -0.497 e. The molecule has 2 rings (SSSR count). The minimum atomic E-state index is -0.458. The van der Waals surface area contributed by atoms with E-state index < -0.39 is 10.8 Å². The maximum Gasteiger partial charge on any atom is 0.231 e. The molecule has 1 heterocycles. The Balaban J connectivity index is 2.17. The standard InChI is InChI=1S/C15H16N2O4/c1-21-14-6-4-12(5-7-14)13(11-17(19)20)10-15(18)16-8-2-3-9-16/h2-9,13H,10-11H2,1H3/t13-/m1/s1. The molecular formula is C15H16N2O4. The van der Waals surface area contributed by atoms with E-state index in [-0.39, 0.29) is 18.9 Å². The van der Waals surface area contributed by atoms with Crippen molar-refractivity contribution in [3.05, 3.63) is 64.5 Å². The van der Waals surface area contributed by atoms with E-state index in [1.54, 1.807) is 55.9 Å². The van der Waals surface area contributed by atoms with Gasteiger partial charge in [-0.05, 0) is 29.8 Å². The molecule has 0 amide bonds. The fourth-order valence-electron chi connectivity index (χ4n) is 2.16. The van der Waals surface area contributed by atoms with Crippen molar-refractivity contribution < 1.29 is 14.5 Å². The third-order valence-electron chi connectivity index (χ3n) is 3.27. The Hall–Kier alpha value is -2.63. The smallest absolute Gasteiger partial charge is 0.231 e. The highest BCUT2D eigenvalue weighted by Crippen LogP contribution is 2.23. The van der Waals surface area contributed by atoms with Gasteiger partial charge in [0.2, 0.25) is 12.5 Å². The lowest BCUT2D eigenvalue weighted by atomic mass is 9.95. The quantitative estimate of drug-likeness (QED) is 0.605. The molecule has 6 heteroatoms. The lowest BCUT2D eigenvalue weighted by Crippen LogP contribution is -2.19. The van der Waals surface area contributed by atoms with Gasteiger partial charge >= 0.3 is 0 Å². The Morgan fingerprint density at radius 1 is 1.29 bits per heavy atom.